The van der Waals surface area contributed by atoms with Crippen LogP contribution in [0.4, 0.5) is 11.4 Å². The van der Waals surface area contributed by atoms with E-state index in [0.29, 0.717) is 13.0 Å². The number of carbonyl (C=O) groups excluding carboxylic acids is 1. The number of hydrogen-bond acceptors (Lipinski definition) is 9. The number of ketones is 1. The number of carbonyl (C=O) groups is 1. The Labute approximate surface area is 357 Å². The van der Waals surface area contributed by atoms with Gasteiger partial charge in [-0.2, -0.15) is 4.58 Å². The summed E-state index contributed by atoms with van der Waals surface area (Å²) in [6.07, 6.45) is 4.20. The normalized spacial score (nSPS) is 19.1. The van der Waals surface area contributed by atoms with Crippen LogP contribution in [-0.4, -0.2) is 60.5 Å². The van der Waals surface area contributed by atoms with Crippen LogP contribution in [0.5, 0.6) is 0 Å². The van der Waals surface area contributed by atoms with Gasteiger partial charge in [-0.3, -0.25) is 4.79 Å². The maximum Gasteiger partial charge on any atom is 1.00 e. The standard InChI is InChI=1S/C32H36N2O5S.2K.O3S/c1-6-16-33-25-14-9-7-12-23(25)31(2,3)27(33)19-21-29(35)22(30(21)36)20-28-32(4,5)24-13-8-10-15-26(24)34(28)17-11-18-40(37,38)39;;;1-4(2)3/h7-10,12-15,19-20,35H,1,6,11,16-18H2,2-5H3,(H,37,38,39);;;/q;2*+1;/p-2. The number of benzene rings is 2. The predicted molar refractivity (Wildman–Crippen MR) is 163 cm³/mol. The fourth-order valence-electron chi connectivity index (χ4n) is 6.21. The van der Waals surface area contributed by atoms with E-state index in [1.165, 1.54) is 0 Å². The summed E-state index contributed by atoms with van der Waals surface area (Å²) in [5.41, 5.74) is 5.07. The minimum atomic E-state index is -4.36. The molecule has 0 bridgehead atoms. The van der Waals surface area contributed by atoms with Crippen molar-refractivity contribution in [3.05, 3.63) is 101 Å². The molecule has 2 aliphatic heterocycles. The Bertz CT molecular complexity index is 1870. The van der Waals surface area contributed by atoms with Crippen molar-refractivity contribution in [1.82, 2.24) is 0 Å². The SMILES string of the molecule is O=S(=O)=O.[CH2-]CC[N+]1=C(C=C2C(=O)C(/C=C3/N(CCCS(=O)(=O)[O-])c4ccccc4C3(C)C)=C2[O-])C(C)(C)c2ccccc21.[K+].[K+]. The molecule has 0 radical (unpaired) electrons. The molecule has 0 atom stereocenters. The van der Waals surface area contributed by atoms with Crippen LogP contribution >= 0.6 is 0 Å². The summed E-state index contributed by atoms with van der Waals surface area (Å²) >= 11 is 0. The Morgan fingerprint density at radius 3 is 2.07 bits per heavy atom. The third-order valence-electron chi connectivity index (χ3n) is 8.30. The number of hydrogen-bond donors (Lipinski definition) is 0. The summed E-state index contributed by atoms with van der Waals surface area (Å²) in [5, 5.41) is 13.5. The predicted octanol–water partition coefficient (Wildman–Crippen LogP) is -2.97. The van der Waals surface area contributed by atoms with Crippen LogP contribution in [0.1, 0.15) is 51.7 Å². The molecule has 1 aliphatic carbocycles. The molecule has 0 N–H and O–H groups in total. The van der Waals surface area contributed by atoms with E-state index in [9.17, 15) is 22.9 Å². The number of allylic oxidation sites excluding steroid dienone is 5. The molecule has 0 unspecified atom stereocenters. The van der Waals surface area contributed by atoms with Crippen molar-refractivity contribution in [1.29, 1.82) is 0 Å². The van der Waals surface area contributed by atoms with Crippen LogP contribution in [0.25, 0.3) is 0 Å². The second kappa shape index (κ2) is 16.4. The molecule has 0 aromatic heterocycles. The first kappa shape index (κ1) is 41.6. The Balaban J connectivity index is 0.00000116. The third-order valence-corrected chi connectivity index (χ3v) is 9.09. The van der Waals surface area contributed by atoms with Gasteiger partial charge in [0.15, 0.2) is 11.5 Å². The molecule has 14 heteroatoms. The molecule has 2 aromatic carbocycles. The largest absolute Gasteiger partial charge is 1.00 e. The van der Waals surface area contributed by atoms with E-state index in [1.807, 2.05) is 55.1 Å². The smallest absolute Gasteiger partial charge is 0.871 e. The number of anilines is 1. The van der Waals surface area contributed by atoms with Crippen LogP contribution in [-0.2, 0) is 36.4 Å². The topological polar surface area (TPSA) is 155 Å². The zero-order valence-electron chi connectivity index (χ0n) is 27.0. The van der Waals surface area contributed by atoms with Crippen LogP contribution in [0.2, 0.25) is 0 Å². The van der Waals surface area contributed by atoms with Crippen LogP contribution in [0.15, 0.2) is 83.3 Å². The minimum Gasteiger partial charge on any atom is -0.871 e. The summed E-state index contributed by atoms with van der Waals surface area (Å²) < 4.78 is 61.2. The number of Topliss-reactive ketones (excluding diaryl/α,β-unsaturated/α-hetero) is 1. The van der Waals surface area contributed by atoms with Gasteiger partial charge in [-0.05, 0) is 38.0 Å². The first-order valence-electron chi connectivity index (χ1n) is 14.0. The molecule has 46 heavy (non-hydrogen) atoms. The van der Waals surface area contributed by atoms with Gasteiger partial charge >= 0.3 is 113 Å². The van der Waals surface area contributed by atoms with Crippen molar-refractivity contribution in [2.24, 2.45) is 0 Å². The van der Waals surface area contributed by atoms with E-state index in [4.69, 9.17) is 12.6 Å². The van der Waals surface area contributed by atoms with Gasteiger partial charge in [-0.25, -0.2) is 8.42 Å². The van der Waals surface area contributed by atoms with E-state index in [-0.39, 0.29) is 144 Å². The van der Waals surface area contributed by atoms with Crippen LogP contribution in [0.3, 0.4) is 0 Å². The fourth-order valence-corrected chi connectivity index (χ4v) is 6.69. The Hall–Kier alpha value is -0.597. The number of para-hydroxylation sites is 2. The first-order chi connectivity index (χ1) is 20.5. The number of fused-ring (bicyclic) bond motifs is 2. The van der Waals surface area contributed by atoms with Gasteiger partial charge in [0, 0.05) is 57.9 Å². The van der Waals surface area contributed by atoms with E-state index in [1.54, 1.807) is 12.2 Å². The van der Waals surface area contributed by atoms with Crippen molar-refractivity contribution in [2.75, 3.05) is 23.7 Å². The van der Waals surface area contributed by atoms with Crippen molar-refractivity contribution in [3.63, 3.8) is 0 Å². The van der Waals surface area contributed by atoms with Gasteiger partial charge in [0.1, 0.15) is 6.54 Å². The van der Waals surface area contributed by atoms with Gasteiger partial charge < -0.3 is 21.5 Å². The zero-order chi connectivity index (χ0) is 32.6. The molecule has 0 amide bonds. The van der Waals surface area contributed by atoms with Crippen molar-refractivity contribution < 1.29 is 143 Å². The van der Waals surface area contributed by atoms with Crippen LogP contribution < -0.4 is 113 Å². The summed E-state index contributed by atoms with van der Waals surface area (Å²) in [4.78, 5) is 15.4. The average molecular weight is 717 g/mol. The molecule has 0 saturated carbocycles. The van der Waals surface area contributed by atoms with Gasteiger partial charge in [0.2, 0.25) is 5.69 Å². The molecule has 0 spiro atoms. The minimum absolute atomic E-state index is 0. The van der Waals surface area contributed by atoms with Crippen molar-refractivity contribution in [2.45, 2.75) is 51.4 Å². The molecular formula is C32H34K2N2O8S2. The summed E-state index contributed by atoms with van der Waals surface area (Å²) in [5.74, 6) is -1.10. The monoisotopic (exact) mass is 716 g/mol. The maximum absolute atomic E-state index is 13.5. The van der Waals surface area contributed by atoms with E-state index in [0.717, 1.165) is 33.9 Å². The Kier molecular flexibility index (Phi) is 14.8. The second-order valence-electron chi connectivity index (χ2n) is 11.8. The average Bonchev–Trinajstić information content (AvgIpc) is 3.28. The molecule has 0 saturated heterocycles. The fraction of sp³-hybridized carbons (Fsp3) is 0.344. The molecule has 10 nitrogen and oxygen atoms in total. The van der Waals surface area contributed by atoms with E-state index in [2.05, 4.69) is 37.5 Å². The summed E-state index contributed by atoms with van der Waals surface area (Å²) in [7, 11) is -7.47. The molecule has 5 rings (SSSR count). The van der Waals surface area contributed by atoms with Gasteiger partial charge in [-0.1, -0.05) is 56.0 Å². The van der Waals surface area contributed by atoms with E-state index < -0.39 is 31.9 Å². The third kappa shape index (κ3) is 8.57. The van der Waals surface area contributed by atoms with Gasteiger partial charge in [0.25, 0.3) is 0 Å². The second-order valence-corrected chi connectivity index (χ2v) is 13.7. The van der Waals surface area contributed by atoms with Crippen molar-refractivity contribution in [3.8, 4) is 0 Å². The van der Waals surface area contributed by atoms with Crippen LogP contribution in [0, 0.1) is 6.92 Å². The van der Waals surface area contributed by atoms with Gasteiger partial charge in [-0.15, -0.1) is 19.0 Å². The molecule has 3 aliphatic rings. The zero-order valence-corrected chi connectivity index (χ0v) is 34.9. The number of rotatable bonds is 8. The van der Waals surface area contributed by atoms with E-state index >= 15 is 0 Å². The molecule has 2 heterocycles. The molecule has 0 fully saturated rings. The van der Waals surface area contributed by atoms with Crippen molar-refractivity contribution >= 4 is 43.6 Å². The maximum atomic E-state index is 13.5. The quantitative estimate of drug-likeness (QED) is 0.0917. The Morgan fingerprint density at radius 1 is 0.935 bits per heavy atom. The first-order valence-corrected chi connectivity index (χ1v) is 16.6. The number of nitrogens with zero attached hydrogens (tertiary/aromatic N) is 2. The Morgan fingerprint density at radius 2 is 1.50 bits per heavy atom. The molecule has 234 valence electrons. The molecular weight excluding hydrogens is 683 g/mol. The molecule has 2 aromatic rings. The van der Waals surface area contributed by atoms with Gasteiger partial charge in [0.05, 0.1) is 15.5 Å². The summed E-state index contributed by atoms with van der Waals surface area (Å²) in [6, 6.07) is 15.8. The summed E-state index contributed by atoms with van der Waals surface area (Å²) in [6.45, 7) is 13.2.